The highest BCUT2D eigenvalue weighted by molar-refractivity contribution is 6.23. The van der Waals surface area contributed by atoms with Crippen LogP contribution in [0, 0.1) is 0 Å². The number of dihydropyridines is 1. The van der Waals surface area contributed by atoms with Gasteiger partial charge in [-0.25, -0.2) is 0 Å². The van der Waals surface area contributed by atoms with Crippen LogP contribution in [0.15, 0.2) is 72.5 Å². The van der Waals surface area contributed by atoms with E-state index in [-0.39, 0.29) is 5.78 Å². The number of allylic oxidation sites excluding steroid dienone is 7. The van der Waals surface area contributed by atoms with Crippen LogP contribution in [0.2, 0.25) is 0 Å². The Labute approximate surface area is 118 Å². The lowest BCUT2D eigenvalue weighted by Crippen LogP contribution is -2.05. The number of benzene rings is 1. The molecule has 2 aliphatic carbocycles. The third kappa shape index (κ3) is 2.41. The number of carbonyl (C=O) groups is 1. The highest BCUT2D eigenvalue weighted by atomic mass is 16.1. The second kappa shape index (κ2) is 5.57. The average molecular weight is 261 g/mol. The number of rotatable bonds is 0. The zero-order chi connectivity index (χ0) is 13.8. The molecule has 1 aromatic carbocycles. The number of nitrogens with one attached hydrogen (secondary N) is 1. The second-order valence-electron chi connectivity index (χ2n) is 4.64. The topological polar surface area (TPSA) is 29.1 Å². The van der Waals surface area contributed by atoms with E-state index in [9.17, 15) is 4.79 Å². The first-order chi connectivity index (χ1) is 9.86. The van der Waals surface area contributed by atoms with Crippen molar-refractivity contribution in [2.24, 2.45) is 0 Å². The van der Waals surface area contributed by atoms with Crippen molar-refractivity contribution in [3.63, 3.8) is 0 Å². The zero-order valence-electron chi connectivity index (χ0n) is 11.0. The maximum atomic E-state index is 11.5. The molecule has 2 nitrogen and oxygen atoms in total. The largest absolute Gasteiger partial charge is 0.387 e. The Bertz CT molecular complexity index is 675. The summed E-state index contributed by atoms with van der Waals surface area (Å²) >= 11 is 0. The second-order valence-corrected chi connectivity index (χ2v) is 4.64. The van der Waals surface area contributed by atoms with Gasteiger partial charge in [-0.1, -0.05) is 48.6 Å². The van der Waals surface area contributed by atoms with Gasteiger partial charge >= 0.3 is 0 Å². The van der Waals surface area contributed by atoms with Crippen molar-refractivity contribution in [3.05, 3.63) is 83.6 Å². The van der Waals surface area contributed by atoms with Gasteiger partial charge in [-0.3, -0.25) is 4.79 Å². The summed E-state index contributed by atoms with van der Waals surface area (Å²) in [5, 5.41) is 3.02. The maximum absolute atomic E-state index is 11.5. The number of carbonyl (C=O) groups excluding carboxylic acids is 1. The molecule has 1 aliphatic heterocycles. The lowest BCUT2D eigenvalue weighted by Gasteiger charge is -2.06. The third-order valence-electron chi connectivity index (χ3n) is 3.31. The van der Waals surface area contributed by atoms with Crippen LogP contribution in [-0.4, -0.2) is 12.3 Å². The summed E-state index contributed by atoms with van der Waals surface area (Å²) in [6.45, 7) is 0.983. The van der Waals surface area contributed by atoms with E-state index >= 15 is 0 Å². The van der Waals surface area contributed by atoms with E-state index in [0.29, 0.717) is 0 Å². The Morgan fingerprint density at radius 1 is 1.00 bits per heavy atom. The molecule has 0 radical (unpaired) electrons. The van der Waals surface area contributed by atoms with Gasteiger partial charge in [0.15, 0.2) is 5.78 Å². The number of hydrogen-bond donors (Lipinski definition) is 1. The number of hydrogen-bond acceptors (Lipinski definition) is 2. The highest BCUT2D eigenvalue weighted by Crippen LogP contribution is 2.37. The molecule has 98 valence electrons. The van der Waals surface area contributed by atoms with E-state index in [0.717, 1.165) is 23.3 Å². The minimum absolute atomic E-state index is 0.110. The monoisotopic (exact) mass is 261 g/mol. The summed E-state index contributed by atoms with van der Waals surface area (Å²) in [5.41, 5.74) is 4.20. The van der Waals surface area contributed by atoms with Gasteiger partial charge in [-0.2, -0.15) is 0 Å². The maximum Gasteiger partial charge on any atom is 0.186 e. The van der Waals surface area contributed by atoms with Crippen molar-refractivity contribution < 1.29 is 4.79 Å². The van der Waals surface area contributed by atoms with E-state index < -0.39 is 0 Å². The van der Waals surface area contributed by atoms with Crippen molar-refractivity contribution in [3.8, 4) is 0 Å². The Hall–Kier alpha value is -2.61. The summed E-state index contributed by atoms with van der Waals surface area (Å²) in [6.07, 6.45) is 15.4. The van der Waals surface area contributed by atoms with E-state index in [2.05, 4.69) is 17.5 Å². The van der Waals surface area contributed by atoms with Crippen LogP contribution < -0.4 is 5.32 Å². The third-order valence-corrected chi connectivity index (χ3v) is 3.31. The van der Waals surface area contributed by atoms with Gasteiger partial charge in [-0.15, -0.1) is 0 Å². The fourth-order valence-corrected chi connectivity index (χ4v) is 2.36. The molecule has 0 saturated heterocycles. The molecule has 0 saturated carbocycles. The van der Waals surface area contributed by atoms with Crippen LogP contribution in [0.3, 0.4) is 0 Å². The molecule has 4 rings (SSSR count). The normalized spacial score (nSPS) is 17.3. The molecular weight excluding hydrogens is 246 g/mol. The molecule has 3 aliphatic rings. The average Bonchev–Trinajstić information content (AvgIpc) is 2.90. The highest BCUT2D eigenvalue weighted by Gasteiger charge is 2.23. The minimum Gasteiger partial charge on any atom is -0.387 e. The molecule has 0 bridgehead atoms. The predicted octanol–water partition coefficient (Wildman–Crippen LogP) is 3.27. The van der Waals surface area contributed by atoms with Crippen molar-refractivity contribution in [1.29, 1.82) is 0 Å². The van der Waals surface area contributed by atoms with Gasteiger partial charge in [0, 0.05) is 12.1 Å². The van der Waals surface area contributed by atoms with E-state index in [1.54, 1.807) is 6.08 Å². The van der Waals surface area contributed by atoms with Crippen LogP contribution in [0.5, 0.6) is 0 Å². The first-order valence-electron chi connectivity index (χ1n) is 6.65. The Morgan fingerprint density at radius 2 is 1.90 bits per heavy atom. The number of fused-ring (bicyclic) bond motifs is 3. The van der Waals surface area contributed by atoms with E-state index in [1.165, 1.54) is 5.56 Å². The SMILES string of the molecule is C1=CCNC=C1.O=C1C=CC=C2C1=Cc1ccccc12. The number of ketones is 1. The molecule has 2 heteroatoms. The zero-order valence-corrected chi connectivity index (χ0v) is 11.0. The Morgan fingerprint density at radius 3 is 2.60 bits per heavy atom. The molecule has 0 atom stereocenters. The van der Waals surface area contributed by atoms with Crippen LogP contribution in [-0.2, 0) is 4.79 Å². The van der Waals surface area contributed by atoms with Gasteiger partial charge in [0.1, 0.15) is 0 Å². The fourth-order valence-electron chi connectivity index (χ4n) is 2.36. The quantitative estimate of drug-likeness (QED) is 0.776. The molecule has 1 aromatic rings. The van der Waals surface area contributed by atoms with Crippen LogP contribution >= 0.6 is 0 Å². The lowest BCUT2D eigenvalue weighted by molar-refractivity contribution is -0.110. The summed E-state index contributed by atoms with van der Waals surface area (Å²) in [7, 11) is 0. The smallest absolute Gasteiger partial charge is 0.186 e. The van der Waals surface area contributed by atoms with Crippen molar-refractivity contribution in [1.82, 2.24) is 5.32 Å². The first-order valence-corrected chi connectivity index (χ1v) is 6.65. The van der Waals surface area contributed by atoms with Crippen LogP contribution in [0.4, 0.5) is 0 Å². The van der Waals surface area contributed by atoms with Crippen molar-refractivity contribution in [2.45, 2.75) is 0 Å². The fraction of sp³-hybridized carbons (Fsp3) is 0.0556. The minimum atomic E-state index is 0.110. The molecule has 0 aromatic heterocycles. The lowest BCUT2D eigenvalue weighted by atomic mass is 9.96. The molecular formula is C18H15NO. The van der Waals surface area contributed by atoms with Crippen LogP contribution in [0.1, 0.15) is 11.1 Å². The standard InChI is InChI=1S/C13H8O.C5H7N/c14-13-7-3-6-11-10-5-2-1-4-9(10)8-12(11)13;1-2-4-6-5-3-1/h1-8H;1-4,6H,5H2. The van der Waals surface area contributed by atoms with Gasteiger partial charge in [0.25, 0.3) is 0 Å². The summed E-state index contributed by atoms with van der Waals surface area (Å²) in [6, 6.07) is 8.08. The Balaban J connectivity index is 0.000000170. The predicted molar refractivity (Wildman–Crippen MR) is 82.8 cm³/mol. The van der Waals surface area contributed by atoms with E-state index in [4.69, 9.17) is 0 Å². The molecule has 1 heterocycles. The van der Waals surface area contributed by atoms with Crippen molar-refractivity contribution in [2.75, 3.05) is 6.54 Å². The molecule has 0 spiro atoms. The summed E-state index contributed by atoms with van der Waals surface area (Å²) in [5.74, 6) is 0.110. The molecule has 1 N–H and O–H groups in total. The van der Waals surface area contributed by atoms with Gasteiger partial charge in [0.05, 0.1) is 0 Å². The van der Waals surface area contributed by atoms with Crippen molar-refractivity contribution >= 4 is 17.4 Å². The summed E-state index contributed by atoms with van der Waals surface area (Å²) in [4.78, 5) is 11.5. The molecule has 0 unspecified atom stereocenters. The molecule has 20 heavy (non-hydrogen) atoms. The van der Waals surface area contributed by atoms with E-state index in [1.807, 2.05) is 54.8 Å². The molecule has 0 amide bonds. The molecule has 0 fully saturated rings. The van der Waals surface area contributed by atoms with Gasteiger partial charge < -0.3 is 5.32 Å². The van der Waals surface area contributed by atoms with Gasteiger partial charge in [0.2, 0.25) is 0 Å². The van der Waals surface area contributed by atoms with Crippen LogP contribution in [0.25, 0.3) is 11.6 Å². The Kier molecular flexibility index (Phi) is 3.46. The summed E-state index contributed by atoms with van der Waals surface area (Å²) < 4.78 is 0. The van der Waals surface area contributed by atoms with Gasteiger partial charge in [-0.05, 0) is 41.1 Å². The first kappa shape index (κ1) is 12.4.